The predicted molar refractivity (Wildman–Crippen MR) is 68.0 cm³/mol. The van der Waals surface area contributed by atoms with Gasteiger partial charge in [0.1, 0.15) is 0 Å². The Bertz CT molecular complexity index is 405. The van der Waals surface area contributed by atoms with Crippen molar-refractivity contribution in [2.75, 3.05) is 6.54 Å². The summed E-state index contributed by atoms with van der Waals surface area (Å²) in [6.45, 7) is 3.23. The maximum Gasteiger partial charge on any atom is 0.0757 e. The summed E-state index contributed by atoms with van der Waals surface area (Å²) in [5, 5.41) is 11.7. The lowest BCUT2D eigenvalue weighted by molar-refractivity contribution is 0.0850. The van der Waals surface area contributed by atoms with E-state index in [1.54, 1.807) is 0 Å². The van der Waals surface area contributed by atoms with Crippen molar-refractivity contribution in [2.24, 2.45) is 13.0 Å². The Morgan fingerprint density at radius 1 is 1.56 bits per heavy atom. The topological polar surface area (TPSA) is 52.0 Å². The molecule has 2 aliphatic rings. The molecule has 1 N–H and O–H groups in total. The van der Waals surface area contributed by atoms with Crippen molar-refractivity contribution in [2.45, 2.75) is 50.9 Å². The fourth-order valence-electron chi connectivity index (χ4n) is 3.38. The molecule has 0 spiro atoms. The Labute approximate surface area is 108 Å². The van der Waals surface area contributed by atoms with E-state index in [0.29, 0.717) is 24.2 Å². The summed E-state index contributed by atoms with van der Waals surface area (Å²) in [7, 11) is 1.97. The predicted octanol–water partition coefficient (Wildman–Crippen LogP) is 1.42. The molecule has 3 heterocycles. The Hall–Kier alpha value is -0.940. The zero-order valence-electron chi connectivity index (χ0n) is 11.2. The second kappa shape index (κ2) is 4.97. The maximum atomic E-state index is 5.99. The highest BCUT2D eigenvalue weighted by molar-refractivity contribution is 5.08. The molecule has 3 rings (SSSR count). The van der Waals surface area contributed by atoms with Gasteiger partial charge in [-0.1, -0.05) is 12.1 Å². The molecule has 4 unspecified atom stereocenters. The van der Waals surface area contributed by atoms with Gasteiger partial charge in [-0.3, -0.25) is 4.68 Å². The number of ether oxygens (including phenoxy) is 1. The van der Waals surface area contributed by atoms with E-state index < -0.39 is 0 Å². The number of aryl methyl sites for hydroxylation is 1. The van der Waals surface area contributed by atoms with Gasteiger partial charge >= 0.3 is 0 Å². The fraction of sp³-hybridized carbons (Fsp3) is 0.846. The third kappa shape index (κ3) is 2.06. The molecule has 2 fully saturated rings. The van der Waals surface area contributed by atoms with E-state index in [9.17, 15) is 0 Å². The second-order valence-electron chi connectivity index (χ2n) is 5.49. The molecule has 1 aromatic rings. The van der Waals surface area contributed by atoms with E-state index in [-0.39, 0.29) is 0 Å². The van der Waals surface area contributed by atoms with E-state index >= 15 is 0 Å². The molecule has 2 saturated heterocycles. The van der Waals surface area contributed by atoms with E-state index in [1.807, 2.05) is 17.9 Å². The van der Waals surface area contributed by atoms with Crippen LogP contribution in [0.5, 0.6) is 0 Å². The molecule has 0 saturated carbocycles. The summed E-state index contributed by atoms with van der Waals surface area (Å²) in [4.78, 5) is 0. The molecule has 2 aliphatic heterocycles. The van der Waals surface area contributed by atoms with E-state index in [1.165, 1.54) is 25.0 Å². The van der Waals surface area contributed by atoms with Gasteiger partial charge in [-0.2, -0.15) is 0 Å². The van der Waals surface area contributed by atoms with Crippen molar-refractivity contribution in [3.63, 3.8) is 0 Å². The first-order valence-corrected chi connectivity index (χ1v) is 7.03. The molecule has 1 aromatic heterocycles. The van der Waals surface area contributed by atoms with Gasteiger partial charge in [-0.05, 0) is 32.2 Å². The number of aromatic nitrogens is 3. The molecule has 5 heteroatoms. The van der Waals surface area contributed by atoms with Crippen LogP contribution in [-0.4, -0.2) is 33.7 Å². The molecular formula is C13H22N4O. The van der Waals surface area contributed by atoms with Gasteiger partial charge in [0.15, 0.2) is 0 Å². The second-order valence-corrected chi connectivity index (χ2v) is 5.49. The lowest BCUT2D eigenvalue weighted by atomic mass is 9.82. The lowest BCUT2D eigenvalue weighted by Gasteiger charge is -2.29. The number of rotatable bonds is 5. The lowest BCUT2D eigenvalue weighted by Crippen LogP contribution is -2.35. The number of fused-ring (bicyclic) bond motifs is 2. The molecule has 0 amide bonds. The van der Waals surface area contributed by atoms with Crippen molar-refractivity contribution in [1.29, 1.82) is 0 Å². The fourth-order valence-corrected chi connectivity index (χ4v) is 3.38. The zero-order valence-corrected chi connectivity index (χ0v) is 11.2. The Morgan fingerprint density at radius 3 is 3.00 bits per heavy atom. The summed E-state index contributed by atoms with van der Waals surface area (Å²) in [5.74, 6) is 0.576. The molecule has 0 aliphatic carbocycles. The van der Waals surface area contributed by atoms with E-state index in [4.69, 9.17) is 4.74 Å². The van der Waals surface area contributed by atoms with Crippen molar-refractivity contribution in [1.82, 2.24) is 20.3 Å². The quantitative estimate of drug-likeness (QED) is 0.859. The van der Waals surface area contributed by atoms with Gasteiger partial charge < -0.3 is 10.1 Å². The highest BCUT2D eigenvalue weighted by Crippen LogP contribution is 2.44. The van der Waals surface area contributed by atoms with Crippen molar-refractivity contribution < 1.29 is 4.74 Å². The smallest absolute Gasteiger partial charge is 0.0757 e. The number of hydrogen-bond donors (Lipinski definition) is 1. The summed E-state index contributed by atoms with van der Waals surface area (Å²) in [6.07, 6.45) is 7.59. The average Bonchev–Trinajstić information content (AvgIpc) is 3.07. The number of hydrogen-bond acceptors (Lipinski definition) is 4. The minimum Gasteiger partial charge on any atom is -0.375 e. The van der Waals surface area contributed by atoms with Crippen LogP contribution in [0, 0.1) is 5.92 Å². The van der Waals surface area contributed by atoms with Gasteiger partial charge in [0, 0.05) is 13.0 Å². The Balaban J connectivity index is 1.79. The minimum atomic E-state index is 0.334. The van der Waals surface area contributed by atoms with Crippen LogP contribution in [0.2, 0.25) is 0 Å². The van der Waals surface area contributed by atoms with E-state index in [0.717, 1.165) is 13.0 Å². The van der Waals surface area contributed by atoms with Gasteiger partial charge in [-0.25, -0.2) is 0 Å². The van der Waals surface area contributed by atoms with Crippen LogP contribution in [0.25, 0.3) is 0 Å². The molecule has 100 valence electrons. The largest absolute Gasteiger partial charge is 0.375 e. The van der Waals surface area contributed by atoms with Crippen LogP contribution in [0.15, 0.2) is 6.20 Å². The summed E-state index contributed by atoms with van der Waals surface area (Å²) < 4.78 is 7.88. The first kappa shape index (κ1) is 12.1. The van der Waals surface area contributed by atoms with Crippen LogP contribution in [0.3, 0.4) is 0 Å². The molecule has 2 bridgehead atoms. The van der Waals surface area contributed by atoms with Gasteiger partial charge in [-0.15, -0.1) is 5.10 Å². The first-order chi connectivity index (χ1) is 8.79. The molecule has 5 nitrogen and oxygen atoms in total. The van der Waals surface area contributed by atoms with Gasteiger partial charge in [0.25, 0.3) is 0 Å². The highest BCUT2D eigenvalue weighted by atomic mass is 16.5. The zero-order chi connectivity index (χ0) is 12.5. The summed E-state index contributed by atoms with van der Waals surface area (Å²) in [5.41, 5.74) is 1.18. The number of nitrogens with one attached hydrogen (secondary N) is 1. The molecule has 0 radical (unpaired) electrons. The SMILES string of the molecule is CCCNC(c1cnnn1C)C1CC2CCC1O2. The molecular weight excluding hydrogens is 228 g/mol. The molecule has 4 atom stereocenters. The normalized spacial score (nSPS) is 32.0. The summed E-state index contributed by atoms with van der Waals surface area (Å²) >= 11 is 0. The molecule has 0 aromatic carbocycles. The Kier molecular flexibility index (Phi) is 3.35. The van der Waals surface area contributed by atoms with Crippen molar-refractivity contribution in [3.05, 3.63) is 11.9 Å². The van der Waals surface area contributed by atoms with Crippen LogP contribution in [0.4, 0.5) is 0 Å². The highest BCUT2D eigenvalue weighted by Gasteiger charge is 2.45. The van der Waals surface area contributed by atoms with E-state index in [2.05, 4.69) is 22.6 Å². The number of nitrogens with zero attached hydrogens (tertiary/aromatic N) is 3. The van der Waals surface area contributed by atoms with Crippen LogP contribution in [-0.2, 0) is 11.8 Å². The minimum absolute atomic E-state index is 0.334. The van der Waals surface area contributed by atoms with Crippen LogP contribution >= 0.6 is 0 Å². The standard InChI is InChI=1S/C13H22N4O/c1-3-6-14-13(11-8-15-16-17(11)2)10-7-9-4-5-12(10)18-9/h8-10,12-14H,3-7H2,1-2H3. The third-order valence-electron chi connectivity index (χ3n) is 4.26. The average molecular weight is 250 g/mol. The third-order valence-corrected chi connectivity index (χ3v) is 4.26. The van der Waals surface area contributed by atoms with Crippen molar-refractivity contribution >= 4 is 0 Å². The molecule has 18 heavy (non-hydrogen) atoms. The van der Waals surface area contributed by atoms with Gasteiger partial charge in [0.2, 0.25) is 0 Å². The van der Waals surface area contributed by atoms with Crippen LogP contribution < -0.4 is 5.32 Å². The van der Waals surface area contributed by atoms with Crippen LogP contribution in [0.1, 0.15) is 44.3 Å². The Morgan fingerprint density at radius 2 is 2.44 bits per heavy atom. The van der Waals surface area contributed by atoms with Gasteiger partial charge in [0.05, 0.1) is 30.1 Å². The maximum absolute atomic E-state index is 5.99. The van der Waals surface area contributed by atoms with Crippen molar-refractivity contribution in [3.8, 4) is 0 Å². The monoisotopic (exact) mass is 250 g/mol. The first-order valence-electron chi connectivity index (χ1n) is 7.03. The summed E-state index contributed by atoms with van der Waals surface area (Å²) in [6, 6.07) is 0.334.